The van der Waals surface area contributed by atoms with Crippen LogP contribution in [0.15, 0.2) is 4.47 Å². The van der Waals surface area contributed by atoms with Gasteiger partial charge in [-0.05, 0) is 29.8 Å². The van der Waals surface area contributed by atoms with E-state index < -0.39 is 6.29 Å². The SMILES string of the molecule is CCOC(O)c1nn(C)c(C)c1Br. The van der Waals surface area contributed by atoms with Crippen molar-refractivity contribution >= 4 is 15.9 Å². The van der Waals surface area contributed by atoms with Gasteiger partial charge >= 0.3 is 0 Å². The van der Waals surface area contributed by atoms with Gasteiger partial charge in [0.2, 0.25) is 6.29 Å². The smallest absolute Gasteiger partial charge is 0.201 e. The van der Waals surface area contributed by atoms with Gasteiger partial charge in [-0.1, -0.05) is 0 Å². The molecule has 0 aliphatic carbocycles. The van der Waals surface area contributed by atoms with Gasteiger partial charge in [-0.25, -0.2) is 0 Å². The van der Waals surface area contributed by atoms with Gasteiger partial charge in [0, 0.05) is 19.3 Å². The van der Waals surface area contributed by atoms with E-state index in [1.807, 2.05) is 20.9 Å². The van der Waals surface area contributed by atoms with Crippen LogP contribution in [0.2, 0.25) is 0 Å². The molecule has 0 spiro atoms. The van der Waals surface area contributed by atoms with Gasteiger partial charge < -0.3 is 9.84 Å². The Kier molecular flexibility index (Phi) is 3.47. The van der Waals surface area contributed by atoms with E-state index in [2.05, 4.69) is 21.0 Å². The molecule has 0 radical (unpaired) electrons. The highest BCUT2D eigenvalue weighted by Crippen LogP contribution is 2.25. The number of aromatic nitrogens is 2. The van der Waals surface area contributed by atoms with Crippen LogP contribution in [0.5, 0.6) is 0 Å². The number of ether oxygens (including phenoxy) is 1. The first-order valence-electron chi connectivity index (χ1n) is 4.06. The summed E-state index contributed by atoms with van der Waals surface area (Å²) in [6.07, 6.45) is -0.945. The molecule has 1 unspecified atom stereocenters. The first kappa shape index (κ1) is 10.7. The Bertz CT molecular complexity index is 299. The normalized spacial score (nSPS) is 13.3. The van der Waals surface area contributed by atoms with Gasteiger partial charge in [0.15, 0.2) is 0 Å². The fraction of sp³-hybridized carbons (Fsp3) is 0.625. The third-order valence-electron chi connectivity index (χ3n) is 1.84. The quantitative estimate of drug-likeness (QED) is 0.826. The highest BCUT2D eigenvalue weighted by Gasteiger charge is 2.17. The Morgan fingerprint density at radius 3 is 2.69 bits per heavy atom. The standard InChI is InChI=1S/C8H13BrN2O2/c1-4-13-8(12)7-6(9)5(2)11(3)10-7/h8,12H,4H2,1-3H3. The molecular formula is C8H13BrN2O2. The first-order valence-corrected chi connectivity index (χ1v) is 4.85. The molecule has 4 nitrogen and oxygen atoms in total. The zero-order chi connectivity index (χ0) is 10.0. The van der Waals surface area contributed by atoms with Crippen molar-refractivity contribution in [2.75, 3.05) is 6.61 Å². The molecule has 5 heteroatoms. The summed E-state index contributed by atoms with van der Waals surface area (Å²) in [5, 5.41) is 13.6. The number of hydrogen-bond acceptors (Lipinski definition) is 3. The summed E-state index contributed by atoms with van der Waals surface area (Å²) < 4.78 is 7.52. The molecule has 74 valence electrons. The largest absolute Gasteiger partial charge is 0.363 e. The maximum Gasteiger partial charge on any atom is 0.201 e. The summed E-state index contributed by atoms with van der Waals surface area (Å²) in [4.78, 5) is 0. The lowest BCUT2D eigenvalue weighted by Crippen LogP contribution is -2.04. The summed E-state index contributed by atoms with van der Waals surface area (Å²) >= 11 is 3.35. The van der Waals surface area contributed by atoms with E-state index in [9.17, 15) is 5.11 Å². The van der Waals surface area contributed by atoms with E-state index in [1.165, 1.54) is 0 Å². The average Bonchev–Trinajstić information content (AvgIpc) is 2.33. The predicted octanol–water partition coefficient (Wildman–Crippen LogP) is 1.52. The number of nitrogens with zero attached hydrogens (tertiary/aromatic N) is 2. The number of hydrogen-bond donors (Lipinski definition) is 1. The van der Waals surface area contributed by atoms with Crippen LogP contribution in [-0.4, -0.2) is 21.5 Å². The highest BCUT2D eigenvalue weighted by molar-refractivity contribution is 9.10. The Hall–Kier alpha value is -0.390. The second-order valence-electron chi connectivity index (χ2n) is 2.72. The van der Waals surface area contributed by atoms with E-state index in [-0.39, 0.29) is 0 Å². The topological polar surface area (TPSA) is 47.3 Å². The van der Waals surface area contributed by atoms with E-state index in [4.69, 9.17) is 4.74 Å². The van der Waals surface area contributed by atoms with Crippen LogP contribution in [-0.2, 0) is 11.8 Å². The molecular weight excluding hydrogens is 236 g/mol. The fourth-order valence-corrected chi connectivity index (χ4v) is 1.53. The molecule has 1 aromatic heterocycles. The van der Waals surface area contributed by atoms with Crippen molar-refractivity contribution < 1.29 is 9.84 Å². The Morgan fingerprint density at radius 1 is 1.69 bits per heavy atom. The lowest BCUT2D eigenvalue weighted by molar-refractivity contribution is -0.101. The van der Waals surface area contributed by atoms with Crippen LogP contribution in [0.3, 0.4) is 0 Å². The second-order valence-corrected chi connectivity index (χ2v) is 3.51. The number of aliphatic hydroxyl groups is 1. The molecule has 0 saturated carbocycles. The molecule has 0 aromatic carbocycles. The lowest BCUT2D eigenvalue weighted by atomic mass is 10.3. The van der Waals surface area contributed by atoms with Crippen molar-refractivity contribution in [3.63, 3.8) is 0 Å². The van der Waals surface area contributed by atoms with Gasteiger partial charge in [-0.3, -0.25) is 4.68 Å². The van der Waals surface area contributed by atoms with Gasteiger partial charge in [0.25, 0.3) is 0 Å². The van der Waals surface area contributed by atoms with Gasteiger partial charge in [0.1, 0.15) is 5.69 Å². The van der Waals surface area contributed by atoms with Crippen molar-refractivity contribution in [3.05, 3.63) is 15.9 Å². The van der Waals surface area contributed by atoms with Crippen LogP contribution in [0.25, 0.3) is 0 Å². The summed E-state index contributed by atoms with van der Waals surface area (Å²) in [5.74, 6) is 0. The van der Waals surface area contributed by atoms with E-state index >= 15 is 0 Å². The number of aliphatic hydroxyl groups excluding tert-OH is 1. The van der Waals surface area contributed by atoms with Crippen LogP contribution in [0.4, 0.5) is 0 Å². The van der Waals surface area contributed by atoms with Crippen LogP contribution in [0.1, 0.15) is 24.6 Å². The summed E-state index contributed by atoms with van der Waals surface area (Å²) in [7, 11) is 1.82. The molecule has 1 aromatic rings. The lowest BCUT2D eigenvalue weighted by Gasteiger charge is -2.07. The molecule has 0 aliphatic heterocycles. The monoisotopic (exact) mass is 248 g/mol. The summed E-state index contributed by atoms with van der Waals surface area (Å²) in [6.45, 7) is 4.20. The van der Waals surface area contributed by atoms with Gasteiger partial charge in [-0.2, -0.15) is 5.10 Å². The van der Waals surface area contributed by atoms with E-state index in [0.29, 0.717) is 12.3 Å². The number of halogens is 1. The first-order chi connectivity index (χ1) is 6.07. The maximum absolute atomic E-state index is 9.51. The van der Waals surface area contributed by atoms with E-state index in [1.54, 1.807) is 4.68 Å². The third kappa shape index (κ3) is 2.10. The number of aryl methyl sites for hydroxylation is 1. The minimum absolute atomic E-state index is 0.462. The fourth-order valence-electron chi connectivity index (χ4n) is 1.00. The molecule has 13 heavy (non-hydrogen) atoms. The molecule has 1 heterocycles. The maximum atomic E-state index is 9.51. The second kappa shape index (κ2) is 4.21. The Labute approximate surface area is 85.6 Å². The summed E-state index contributed by atoms with van der Waals surface area (Å²) in [5.41, 5.74) is 1.50. The Morgan fingerprint density at radius 2 is 2.31 bits per heavy atom. The van der Waals surface area contributed by atoms with Crippen molar-refractivity contribution in [1.29, 1.82) is 0 Å². The van der Waals surface area contributed by atoms with Crippen molar-refractivity contribution in [2.24, 2.45) is 7.05 Å². The molecule has 0 aliphatic rings. The zero-order valence-corrected chi connectivity index (χ0v) is 9.50. The minimum Gasteiger partial charge on any atom is -0.363 e. The average molecular weight is 249 g/mol. The molecule has 0 amide bonds. The molecule has 1 atom stereocenters. The highest BCUT2D eigenvalue weighted by atomic mass is 79.9. The van der Waals surface area contributed by atoms with Crippen molar-refractivity contribution in [1.82, 2.24) is 9.78 Å². The van der Waals surface area contributed by atoms with Gasteiger partial charge in [-0.15, -0.1) is 0 Å². The molecule has 0 saturated heterocycles. The van der Waals surface area contributed by atoms with Crippen LogP contribution in [0, 0.1) is 6.92 Å². The van der Waals surface area contributed by atoms with Crippen molar-refractivity contribution in [2.45, 2.75) is 20.1 Å². The predicted molar refractivity (Wildman–Crippen MR) is 52.2 cm³/mol. The molecule has 1 N–H and O–H groups in total. The zero-order valence-electron chi connectivity index (χ0n) is 7.91. The van der Waals surface area contributed by atoms with Crippen molar-refractivity contribution in [3.8, 4) is 0 Å². The Balaban J connectivity index is 2.94. The molecule has 0 fully saturated rings. The number of rotatable bonds is 3. The van der Waals surface area contributed by atoms with Gasteiger partial charge in [0.05, 0.1) is 4.47 Å². The third-order valence-corrected chi connectivity index (χ3v) is 2.82. The van der Waals surface area contributed by atoms with E-state index in [0.717, 1.165) is 10.2 Å². The molecule has 0 bridgehead atoms. The minimum atomic E-state index is -0.945. The van der Waals surface area contributed by atoms with Crippen LogP contribution >= 0.6 is 15.9 Å². The summed E-state index contributed by atoms with van der Waals surface area (Å²) in [6, 6.07) is 0. The molecule has 1 rings (SSSR count). The van der Waals surface area contributed by atoms with Crippen LogP contribution < -0.4 is 0 Å².